The Labute approximate surface area is 113 Å². The summed E-state index contributed by atoms with van der Waals surface area (Å²) in [6.45, 7) is 8.67. The van der Waals surface area contributed by atoms with Gasteiger partial charge >= 0.3 is 5.97 Å². The zero-order valence-electron chi connectivity index (χ0n) is 11.9. The van der Waals surface area contributed by atoms with Crippen molar-refractivity contribution < 1.29 is 14.3 Å². The molecule has 0 atom stereocenters. The predicted molar refractivity (Wildman–Crippen MR) is 72.3 cm³/mol. The van der Waals surface area contributed by atoms with E-state index in [0.717, 1.165) is 0 Å². The first kappa shape index (κ1) is 15.2. The van der Waals surface area contributed by atoms with Gasteiger partial charge in [0.05, 0.1) is 25.6 Å². The van der Waals surface area contributed by atoms with Gasteiger partial charge < -0.3 is 14.4 Å². The van der Waals surface area contributed by atoms with Crippen molar-refractivity contribution in [1.29, 1.82) is 0 Å². The van der Waals surface area contributed by atoms with Crippen LogP contribution in [0.1, 0.15) is 27.7 Å². The van der Waals surface area contributed by atoms with Crippen LogP contribution in [0.15, 0.2) is 12.4 Å². The Morgan fingerprint density at radius 3 is 2.63 bits per heavy atom. The number of ether oxygens (including phenoxy) is 2. The number of rotatable bonds is 7. The standard InChI is InChI=1S/C13H21N3O3/c1-5-18-12-8-14-7-11(15-12)16(10(3)4)9-13(17)19-6-2/h7-8,10H,5-6,9H2,1-4H3. The van der Waals surface area contributed by atoms with Crippen molar-refractivity contribution in [3.05, 3.63) is 12.4 Å². The van der Waals surface area contributed by atoms with Crippen LogP contribution in [-0.2, 0) is 9.53 Å². The Morgan fingerprint density at radius 1 is 1.32 bits per heavy atom. The first-order valence-electron chi connectivity index (χ1n) is 6.45. The fraction of sp³-hybridized carbons (Fsp3) is 0.615. The van der Waals surface area contributed by atoms with E-state index in [-0.39, 0.29) is 18.6 Å². The van der Waals surface area contributed by atoms with Crippen LogP contribution in [0.3, 0.4) is 0 Å². The van der Waals surface area contributed by atoms with Gasteiger partial charge in [-0.1, -0.05) is 0 Å². The van der Waals surface area contributed by atoms with Gasteiger partial charge in [0.1, 0.15) is 6.54 Å². The minimum absolute atomic E-state index is 0.107. The first-order chi connectivity index (χ1) is 9.08. The number of hydrogen-bond acceptors (Lipinski definition) is 6. The lowest BCUT2D eigenvalue weighted by atomic mass is 10.3. The lowest BCUT2D eigenvalue weighted by Crippen LogP contribution is -2.37. The molecule has 19 heavy (non-hydrogen) atoms. The van der Waals surface area contributed by atoms with E-state index in [0.29, 0.717) is 24.9 Å². The van der Waals surface area contributed by atoms with Gasteiger partial charge in [0.25, 0.3) is 0 Å². The summed E-state index contributed by atoms with van der Waals surface area (Å²) in [5.74, 6) is 0.781. The zero-order chi connectivity index (χ0) is 14.3. The second-order valence-electron chi connectivity index (χ2n) is 4.18. The second kappa shape index (κ2) is 7.56. The second-order valence-corrected chi connectivity index (χ2v) is 4.18. The Hall–Kier alpha value is -1.85. The van der Waals surface area contributed by atoms with E-state index < -0.39 is 0 Å². The van der Waals surface area contributed by atoms with Crippen molar-refractivity contribution in [2.75, 3.05) is 24.7 Å². The van der Waals surface area contributed by atoms with E-state index in [1.807, 2.05) is 25.7 Å². The average Bonchev–Trinajstić information content (AvgIpc) is 2.37. The van der Waals surface area contributed by atoms with E-state index >= 15 is 0 Å². The molecule has 0 saturated heterocycles. The van der Waals surface area contributed by atoms with Crippen LogP contribution < -0.4 is 9.64 Å². The summed E-state index contributed by atoms with van der Waals surface area (Å²) in [4.78, 5) is 21.8. The molecule has 1 rings (SSSR count). The maximum Gasteiger partial charge on any atom is 0.325 e. The third-order valence-corrected chi connectivity index (χ3v) is 2.41. The summed E-state index contributed by atoms with van der Waals surface area (Å²) in [7, 11) is 0. The molecule has 0 bridgehead atoms. The van der Waals surface area contributed by atoms with Crippen molar-refractivity contribution in [1.82, 2.24) is 9.97 Å². The fourth-order valence-corrected chi connectivity index (χ4v) is 1.57. The Bertz CT molecular complexity index is 410. The third-order valence-electron chi connectivity index (χ3n) is 2.41. The number of carbonyl (C=O) groups is 1. The van der Waals surface area contributed by atoms with E-state index in [1.165, 1.54) is 0 Å². The van der Waals surface area contributed by atoms with Crippen molar-refractivity contribution in [2.24, 2.45) is 0 Å². The van der Waals surface area contributed by atoms with Crippen molar-refractivity contribution in [2.45, 2.75) is 33.7 Å². The van der Waals surface area contributed by atoms with Crippen LogP contribution in [0, 0.1) is 0 Å². The summed E-state index contributed by atoms with van der Waals surface area (Å²) in [6, 6.07) is 0.107. The molecule has 0 fully saturated rings. The van der Waals surface area contributed by atoms with Crippen molar-refractivity contribution in [3.63, 3.8) is 0 Å². The van der Waals surface area contributed by atoms with Gasteiger partial charge in [-0.3, -0.25) is 9.78 Å². The molecule has 0 unspecified atom stereocenters. The fourth-order valence-electron chi connectivity index (χ4n) is 1.57. The van der Waals surface area contributed by atoms with Gasteiger partial charge in [0.15, 0.2) is 5.82 Å². The lowest BCUT2D eigenvalue weighted by molar-refractivity contribution is -0.141. The maximum atomic E-state index is 11.6. The minimum Gasteiger partial charge on any atom is -0.477 e. The van der Waals surface area contributed by atoms with E-state index in [2.05, 4.69) is 9.97 Å². The highest BCUT2D eigenvalue weighted by atomic mass is 16.5. The van der Waals surface area contributed by atoms with Crippen molar-refractivity contribution in [3.8, 4) is 5.88 Å². The van der Waals surface area contributed by atoms with E-state index in [9.17, 15) is 4.79 Å². The topological polar surface area (TPSA) is 64.5 Å². The number of esters is 1. The summed E-state index contributed by atoms with van der Waals surface area (Å²) < 4.78 is 10.3. The molecule has 0 radical (unpaired) electrons. The Kier molecular flexibility index (Phi) is 6.05. The summed E-state index contributed by atoms with van der Waals surface area (Å²) in [5, 5.41) is 0. The smallest absolute Gasteiger partial charge is 0.325 e. The molecule has 0 amide bonds. The van der Waals surface area contributed by atoms with Crippen molar-refractivity contribution >= 4 is 11.8 Å². The molecule has 1 heterocycles. The molecule has 0 aliphatic rings. The quantitative estimate of drug-likeness (QED) is 0.700. The van der Waals surface area contributed by atoms with E-state index in [1.54, 1.807) is 19.3 Å². The van der Waals surface area contributed by atoms with Crippen LogP contribution in [0.4, 0.5) is 5.82 Å². The molecule has 0 aliphatic heterocycles. The van der Waals surface area contributed by atoms with Gasteiger partial charge in [0.2, 0.25) is 5.88 Å². The van der Waals surface area contributed by atoms with Crippen LogP contribution in [0.25, 0.3) is 0 Å². The number of aromatic nitrogens is 2. The average molecular weight is 267 g/mol. The summed E-state index contributed by atoms with van der Waals surface area (Å²) in [5.41, 5.74) is 0. The Balaban J connectivity index is 2.86. The Morgan fingerprint density at radius 2 is 2.05 bits per heavy atom. The third kappa shape index (κ3) is 4.73. The molecule has 1 aromatic heterocycles. The number of nitrogens with zero attached hydrogens (tertiary/aromatic N) is 3. The van der Waals surface area contributed by atoms with Gasteiger partial charge in [-0.15, -0.1) is 0 Å². The molecule has 0 saturated carbocycles. The SMILES string of the molecule is CCOC(=O)CN(c1cncc(OCC)n1)C(C)C. The predicted octanol–water partition coefficient (Wildman–Crippen LogP) is 1.65. The van der Waals surface area contributed by atoms with Gasteiger partial charge in [-0.25, -0.2) is 0 Å². The molecule has 6 heteroatoms. The van der Waals surface area contributed by atoms with Gasteiger partial charge in [-0.2, -0.15) is 4.98 Å². The molecular weight excluding hydrogens is 246 g/mol. The molecule has 6 nitrogen and oxygen atoms in total. The van der Waals surface area contributed by atoms with Crippen LogP contribution in [-0.4, -0.2) is 41.7 Å². The summed E-state index contributed by atoms with van der Waals surface area (Å²) >= 11 is 0. The molecule has 0 aromatic carbocycles. The normalized spacial score (nSPS) is 10.4. The van der Waals surface area contributed by atoms with Gasteiger partial charge in [-0.05, 0) is 27.7 Å². The van der Waals surface area contributed by atoms with Crippen LogP contribution in [0.2, 0.25) is 0 Å². The molecule has 0 N–H and O–H groups in total. The highest BCUT2D eigenvalue weighted by molar-refractivity contribution is 5.75. The number of anilines is 1. The van der Waals surface area contributed by atoms with Crippen LogP contribution >= 0.6 is 0 Å². The summed E-state index contributed by atoms with van der Waals surface area (Å²) in [6.07, 6.45) is 3.16. The zero-order valence-corrected chi connectivity index (χ0v) is 11.9. The van der Waals surface area contributed by atoms with Gasteiger partial charge in [0, 0.05) is 6.04 Å². The molecule has 0 spiro atoms. The largest absolute Gasteiger partial charge is 0.477 e. The monoisotopic (exact) mass is 267 g/mol. The lowest BCUT2D eigenvalue weighted by Gasteiger charge is -2.26. The number of hydrogen-bond donors (Lipinski definition) is 0. The van der Waals surface area contributed by atoms with Crippen LogP contribution in [0.5, 0.6) is 5.88 Å². The molecule has 0 aliphatic carbocycles. The molecule has 1 aromatic rings. The minimum atomic E-state index is -0.278. The molecular formula is C13H21N3O3. The maximum absolute atomic E-state index is 11.6. The van der Waals surface area contributed by atoms with E-state index in [4.69, 9.17) is 9.47 Å². The highest BCUT2D eigenvalue weighted by Crippen LogP contribution is 2.16. The number of carbonyl (C=O) groups excluding carboxylic acids is 1. The molecule has 106 valence electrons. The highest BCUT2D eigenvalue weighted by Gasteiger charge is 2.17. The first-order valence-corrected chi connectivity index (χ1v) is 6.45.